The standard InChI is InChI=1S/C12H20O2/c1-3-7-10-8-5-6-9-11(10)12(13)14-4-2/h3,7,10-11H,4-6,8-9H2,1-2H3. The summed E-state index contributed by atoms with van der Waals surface area (Å²) in [6.07, 6.45) is 8.73. The first kappa shape index (κ1) is 11.3. The molecule has 0 aromatic carbocycles. The number of allylic oxidation sites excluding steroid dienone is 2. The molecule has 0 aliphatic heterocycles. The SMILES string of the molecule is CC=CC1CCCCC1C(=O)OCC. The molecule has 1 fully saturated rings. The molecule has 1 rings (SSSR count). The van der Waals surface area contributed by atoms with Crippen molar-refractivity contribution in [1.82, 2.24) is 0 Å². The Balaban J connectivity index is 2.57. The normalized spacial score (nSPS) is 27.9. The molecule has 0 amide bonds. The van der Waals surface area contributed by atoms with Crippen LogP contribution in [0.25, 0.3) is 0 Å². The van der Waals surface area contributed by atoms with Gasteiger partial charge in [0.1, 0.15) is 0 Å². The van der Waals surface area contributed by atoms with Crippen molar-refractivity contribution in [3.05, 3.63) is 12.2 Å². The highest BCUT2D eigenvalue weighted by Crippen LogP contribution is 2.31. The fourth-order valence-corrected chi connectivity index (χ4v) is 2.18. The molecule has 0 aromatic heterocycles. The van der Waals surface area contributed by atoms with Crippen LogP contribution < -0.4 is 0 Å². The second-order valence-corrected chi connectivity index (χ2v) is 3.83. The highest BCUT2D eigenvalue weighted by atomic mass is 16.5. The van der Waals surface area contributed by atoms with Crippen LogP contribution in [0.2, 0.25) is 0 Å². The van der Waals surface area contributed by atoms with Gasteiger partial charge in [-0.2, -0.15) is 0 Å². The summed E-state index contributed by atoms with van der Waals surface area (Å²) in [4.78, 5) is 11.6. The van der Waals surface area contributed by atoms with E-state index in [-0.39, 0.29) is 11.9 Å². The minimum atomic E-state index is -0.00435. The molecule has 0 N–H and O–H groups in total. The molecule has 1 saturated carbocycles. The quantitative estimate of drug-likeness (QED) is 0.512. The first-order chi connectivity index (χ1) is 6.79. The third-order valence-electron chi connectivity index (χ3n) is 2.85. The molecular formula is C12H20O2. The Morgan fingerprint density at radius 2 is 2.14 bits per heavy atom. The molecule has 14 heavy (non-hydrogen) atoms. The largest absolute Gasteiger partial charge is 0.466 e. The topological polar surface area (TPSA) is 26.3 Å². The van der Waals surface area contributed by atoms with Gasteiger partial charge < -0.3 is 4.74 Å². The van der Waals surface area contributed by atoms with Crippen LogP contribution in [0.3, 0.4) is 0 Å². The number of ether oxygens (including phenoxy) is 1. The number of hydrogen-bond acceptors (Lipinski definition) is 2. The fraction of sp³-hybridized carbons (Fsp3) is 0.750. The van der Waals surface area contributed by atoms with E-state index in [4.69, 9.17) is 4.74 Å². The highest BCUT2D eigenvalue weighted by molar-refractivity contribution is 5.73. The third-order valence-corrected chi connectivity index (χ3v) is 2.85. The van der Waals surface area contributed by atoms with Crippen molar-refractivity contribution < 1.29 is 9.53 Å². The molecule has 1 aliphatic rings. The second-order valence-electron chi connectivity index (χ2n) is 3.83. The summed E-state index contributed by atoms with van der Waals surface area (Å²) in [6, 6.07) is 0. The van der Waals surface area contributed by atoms with Gasteiger partial charge in [-0.25, -0.2) is 0 Å². The lowest BCUT2D eigenvalue weighted by molar-refractivity contribution is -0.150. The van der Waals surface area contributed by atoms with Gasteiger partial charge in [0.05, 0.1) is 12.5 Å². The van der Waals surface area contributed by atoms with Gasteiger partial charge in [0.25, 0.3) is 0 Å². The summed E-state index contributed by atoms with van der Waals surface area (Å²) >= 11 is 0. The fourth-order valence-electron chi connectivity index (χ4n) is 2.18. The van der Waals surface area contributed by atoms with Crippen molar-refractivity contribution in [2.75, 3.05) is 6.61 Å². The summed E-state index contributed by atoms with van der Waals surface area (Å²) in [5.74, 6) is 0.517. The number of carbonyl (C=O) groups is 1. The van der Waals surface area contributed by atoms with Crippen molar-refractivity contribution in [2.45, 2.75) is 39.5 Å². The van der Waals surface area contributed by atoms with Gasteiger partial charge >= 0.3 is 5.97 Å². The first-order valence-electron chi connectivity index (χ1n) is 5.59. The maximum Gasteiger partial charge on any atom is 0.309 e. The molecule has 0 radical (unpaired) electrons. The van der Waals surface area contributed by atoms with Crippen molar-refractivity contribution >= 4 is 5.97 Å². The van der Waals surface area contributed by atoms with E-state index >= 15 is 0 Å². The van der Waals surface area contributed by atoms with E-state index < -0.39 is 0 Å². The Bertz CT molecular complexity index is 208. The molecule has 1 aliphatic carbocycles. The molecule has 2 unspecified atom stereocenters. The van der Waals surface area contributed by atoms with E-state index in [2.05, 4.69) is 6.08 Å². The predicted molar refractivity (Wildman–Crippen MR) is 56.9 cm³/mol. The van der Waals surface area contributed by atoms with Gasteiger partial charge in [-0.05, 0) is 32.6 Å². The van der Waals surface area contributed by atoms with Gasteiger partial charge in [-0.3, -0.25) is 4.79 Å². The lowest BCUT2D eigenvalue weighted by Gasteiger charge is -2.27. The Morgan fingerprint density at radius 3 is 2.79 bits per heavy atom. The van der Waals surface area contributed by atoms with Crippen LogP contribution in [0.1, 0.15) is 39.5 Å². The summed E-state index contributed by atoms with van der Waals surface area (Å²) < 4.78 is 5.09. The Hall–Kier alpha value is -0.790. The van der Waals surface area contributed by atoms with Crippen LogP contribution in [-0.2, 0) is 9.53 Å². The van der Waals surface area contributed by atoms with E-state index in [1.165, 1.54) is 6.42 Å². The van der Waals surface area contributed by atoms with Crippen LogP contribution in [0, 0.1) is 11.8 Å². The van der Waals surface area contributed by atoms with Crippen LogP contribution in [0.4, 0.5) is 0 Å². The van der Waals surface area contributed by atoms with E-state index in [0.717, 1.165) is 19.3 Å². The monoisotopic (exact) mass is 196 g/mol. The van der Waals surface area contributed by atoms with Gasteiger partial charge in [-0.15, -0.1) is 0 Å². The van der Waals surface area contributed by atoms with Crippen molar-refractivity contribution in [1.29, 1.82) is 0 Å². The maximum atomic E-state index is 11.6. The van der Waals surface area contributed by atoms with Crippen molar-refractivity contribution in [2.24, 2.45) is 11.8 Å². The minimum Gasteiger partial charge on any atom is -0.466 e. The molecule has 2 nitrogen and oxygen atoms in total. The smallest absolute Gasteiger partial charge is 0.309 e. The Labute approximate surface area is 86.3 Å². The van der Waals surface area contributed by atoms with E-state index in [1.54, 1.807) is 0 Å². The Morgan fingerprint density at radius 1 is 1.43 bits per heavy atom. The lowest BCUT2D eigenvalue weighted by atomic mass is 9.79. The van der Waals surface area contributed by atoms with Crippen LogP contribution >= 0.6 is 0 Å². The molecule has 2 atom stereocenters. The molecular weight excluding hydrogens is 176 g/mol. The number of carbonyl (C=O) groups excluding carboxylic acids is 1. The minimum absolute atomic E-state index is 0.00435. The summed E-state index contributed by atoms with van der Waals surface area (Å²) in [5, 5.41) is 0. The van der Waals surface area contributed by atoms with Gasteiger partial charge in [0.2, 0.25) is 0 Å². The average molecular weight is 196 g/mol. The predicted octanol–water partition coefficient (Wildman–Crippen LogP) is 2.93. The molecule has 0 bridgehead atoms. The summed E-state index contributed by atoms with van der Waals surface area (Å²) in [5.41, 5.74) is 0. The molecule has 0 aromatic rings. The van der Waals surface area contributed by atoms with Crippen molar-refractivity contribution in [3.63, 3.8) is 0 Å². The zero-order valence-electron chi connectivity index (χ0n) is 9.16. The maximum absolute atomic E-state index is 11.6. The highest BCUT2D eigenvalue weighted by Gasteiger charge is 2.29. The molecule has 80 valence electrons. The lowest BCUT2D eigenvalue weighted by Crippen LogP contribution is -2.27. The van der Waals surface area contributed by atoms with Crippen LogP contribution in [-0.4, -0.2) is 12.6 Å². The number of rotatable bonds is 3. The number of esters is 1. The average Bonchev–Trinajstić information content (AvgIpc) is 2.19. The zero-order valence-corrected chi connectivity index (χ0v) is 9.16. The molecule has 2 heteroatoms. The molecule has 0 saturated heterocycles. The second kappa shape index (κ2) is 5.84. The van der Waals surface area contributed by atoms with Gasteiger partial charge in [0, 0.05) is 0 Å². The Kier molecular flexibility index (Phi) is 4.71. The van der Waals surface area contributed by atoms with Gasteiger partial charge in [0.15, 0.2) is 0 Å². The first-order valence-corrected chi connectivity index (χ1v) is 5.59. The van der Waals surface area contributed by atoms with Crippen molar-refractivity contribution in [3.8, 4) is 0 Å². The molecule has 0 heterocycles. The van der Waals surface area contributed by atoms with Crippen LogP contribution in [0.15, 0.2) is 12.2 Å². The summed E-state index contributed by atoms with van der Waals surface area (Å²) in [7, 11) is 0. The third kappa shape index (κ3) is 2.86. The van der Waals surface area contributed by atoms with E-state index in [0.29, 0.717) is 12.5 Å². The molecule has 0 spiro atoms. The van der Waals surface area contributed by atoms with E-state index in [1.807, 2.05) is 19.9 Å². The van der Waals surface area contributed by atoms with Gasteiger partial charge in [-0.1, -0.05) is 25.0 Å². The number of hydrogen-bond donors (Lipinski definition) is 0. The van der Waals surface area contributed by atoms with Crippen LogP contribution in [0.5, 0.6) is 0 Å². The zero-order chi connectivity index (χ0) is 10.4. The van der Waals surface area contributed by atoms with E-state index in [9.17, 15) is 4.79 Å². The summed E-state index contributed by atoms with van der Waals surface area (Å²) in [6.45, 7) is 4.38.